The fourth-order valence-corrected chi connectivity index (χ4v) is 3.07. The van der Waals surface area contributed by atoms with Crippen LogP contribution < -0.4 is 11.1 Å². The second-order valence-electron chi connectivity index (χ2n) is 5.15. The van der Waals surface area contributed by atoms with E-state index in [1.807, 2.05) is 5.51 Å². The van der Waals surface area contributed by atoms with Crippen molar-refractivity contribution in [1.82, 2.24) is 4.98 Å². The van der Waals surface area contributed by atoms with E-state index in [1.54, 1.807) is 11.3 Å². The first-order valence-corrected chi connectivity index (χ1v) is 7.54. The molecule has 96 valence electrons. The molecule has 1 aromatic carbocycles. The van der Waals surface area contributed by atoms with E-state index in [0.29, 0.717) is 6.04 Å². The van der Waals surface area contributed by atoms with E-state index in [-0.39, 0.29) is 0 Å². The molecule has 0 radical (unpaired) electrons. The molecule has 1 unspecified atom stereocenters. The van der Waals surface area contributed by atoms with Crippen molar-refractivity contribution in [3.63, 3.8) is 0 Å². The van der Waals surface area contributed by atoms with Gasteiger partial charge in [0.05, 0.1) is 21.6 Å². The summed E-state index contributed by atoms with van der Waals surface area (Å²) in [6, 6.07) is 4.73. The maximum Gasteiger partial charge on any atom is 0.106 e. The summed E-state index contributed by atoms with van der Waals surface area (Å²) < 4.78 is 1.16. The minimum Gasteiger partial charge on any atom is -0.395 e. The second-order valence-corrected chi connectivity index (χ2v) is 6.04. The summed E-state index contributed by atoms with van der Waals surface area (Å²) in [5.41, 5.74) is 10.8. The molecule has 1 aliphatic carbocycles. The molecule has 1 aromatic heterocycles. The Bertz CT molecular complexity index is 545. The Morgan fingerprint density at radius 3 is 3.06 bits per heavy atom. The lowest BCUT2D eigenvalue weighted by molar-refractivity contribution is 0.587. The number of hydrogen-bond donors (Lipinski definition) is 2. The third-order valence-electron chi connectivity index (χ3n) is 3.71. The maximum absolute atomic E-state index is 6.19. The third-order valence-corrected chi connectivity index (χ3v) is 4.50. The van der Waals surface area contributed by atoms with Gasteiger partial charge in [-0.15, -0.1) is 11.3 Å². The molecule has 1 fully saturated rings. The van der Waals surface area contributed by atoms with Crippen molar-refractivity contribution in [3.05, 3.63) is 17.6 Å². The van der Waals surface area contributed by atoms with Crippen LogP contribution in [0.4, 0.5) is 11.4 Å². The molecule has 2 aromatic rings. The number of aromatic nitrogens is 1. The summed E-state index contributed by atoms with van der Waals surface area (Å²) in [7, 11) is 0. The van der Waals surface area contributed by atoms with E-state index in [4.69, 9.17) is 5.73 Å². The van der Waals surface area contributed by atoms with Gasteiger partial charge in [0.25, 0.3) is 0 Å². The summed E-state index contributed by atoms with van der Waals surface area (Å²) in [5, 5.41) is 3.59. The van der Waals surface area contributed by atoms with Crippen LogP contribution in [0, 0.1) is 5.92 Å². The van der Waals surface area contributed by atoms with Crippen LogP contribution in [-0.4, -0.2) is 11.0 Å². The average Bonchev–Trinajstić information content (AvgIpc) is 3.05. The SMILES string of the molecule is CCC(CC1CC1)Nc1ccc2scnc2c1N. The molecule has 1 saturated carbocycles. The second kappa shape index (κ2) is 4.76. The zero-order valence-electron chi connectivity index (χ0n) is 10.6. The van der Waals surface area contributed by atoms with Crippen molar-refractivity contribution in [2.24, 2.45) is 5.92 Å². The van der Waals surface area contributed by atoms with Gasteiger partial charge in [0.2, 0.25) is 0 Å². The van der Waals surface area contributed by atoms with Gasteiger partial charge >= 0.3 is 0 Å². The molecular formula is C14H19N3S. The van der Waals surface area contributed by atoms with Crippen LogP contribution in [0.1, 0.15) is 32.6 Å². The van der Waals surface area contributed by atoms with Crippen LogP contribution >= 0.6 is 11.3 Å². The fraction of sp³-hybridized carbons (Fsp3) is 0.500. The molecule has 1 aliphatic rings. The predicted octanol–water partition coefficient (Wildman–Crippen LogP) is 3.87. The van der Waals surface area contributed by atoms with E-state index in [9.17, 15) is 0 Å². The Morgan fingerprint density at radius 2 is 2.33 bits per heavy atom. The summed E-state index contributed by atoms with van der Waals surface area (Å²) in [6.45, 7) is 2.23. The van der Waals surface area contributed by atoms with Gasteiger partial charge in [-0.3, -0.25) is 0 Å². The van der Waals surface area contributed by atoms with Gasteiger partial charge in [0, 0.05) is 6.04 Å². The van der Waals surface area contributed by atoms with Crippen molar-refractivity contribution >= 4 is 32.9 Å². The minimum atomic E-state index is 0.538. The van der Waals surface area contributed by atoms with Crippen LogP contribution in [0.15, 0.2) is 17.6 Å². The molecule has 0 bridgehead atoms. The number of benzene rings is 1. The number of hydrogen-bond acceptors (Lipinski definition) is 4. The van der Waals surface area contributed by atoms with E-state index in [0.717, 1.165) is 33.9 Å². The lowest BCUT2D eigenvalue weighted by Crippen LogP contribution is -2.19. The molecule has 1 atom stereocenters. The van der Waals surface area contributed by atoms with Crippen LogP contribution in [0.25, 0.3) is 10.2 Å². The standard InChI is InChI=1S/C14H19N3S/c1-2-10(7-9-3-4-9)17-11-5-6-12-14(13(11)15)16-8-18-12/h5-6,8-10,17H,2-4,7,15H2,1H3. The van der Waals surface area contributed by atoms with Gasteiger partial charge in [0.15, 0.2) is 0 Å². The minimum absolute atomic E-state index is 0.538. The molecule has 18 heavy (non-hydrogen) atoms. The normalized spacial score (nSPS) is 16.9. The van der Waals surface area contributed by atoms with Crippen molar-refractivity contribution in [3.8, 4) is 0 Å². The molecule has 0 amide bonds. The Balaban J connectivity index is 1.81. The fourth-order valence-electron chi connectivity index (χ4n) is 2.38. The van der Waals surface area contributed by atoms with Crippen molar-refractivity contribution < 1.29 is 0 Å². The van der Waals surface area contributed by atoms with Crippen LogP contribution in [0.5, 0.6) is 0 Å². The highest BCUT2D eigenvalue weighted by Gasteiger charge is 2.25. The van der Waals surface area contributed by atoms with Gasteiger partial charge in [0.1, 0.15) is 5.52 Å². The molecule has 1 heterocycles. The van der Waals surface area contributed by atoms with E-state index in [1.165, 1.54) is 19.3 Å². The number of fused-ring (bicyclic) bond motifs is 1. The number of nitrogens with two attached hydrogens (primary N) is 1. The van der Waals surface area contributed by atoms with Gasteiger partial charge in [-0.2, -0.15) is 0 Å². The first kappa shape index (κ1) is 11.8. The quantitative estimate of drug-likeness (QED) is 0.803. The number of anilines is 2. The molecular weight excluding hydrogens is 242 g/mol. The number of nitrogens with zero attached hydrogens (tertiary/aromatic N) is 1. The van der Waals surface area contributed by atoms with E-state index >= 15 is 0 Å². The highest BCUT2D eigenvalue weighted by Crippen LogP contribution is 2.36. The Hall–Kier alpha value is -1.29. The predicted molar refractivity (Wildman–Crippen MR) is 79.1 cm³/mol. The summed E-state index contributed by atoms with van der Waals surface area (Å²) in [4.78, 5) is 4.34. The van der Waals surface area contributed by atoms with Crippen molar-refractivity contribution in [2.45, 2.75) is 38.6 Å². The smallest absolute Gasteiger partial charge is 0.106 e. The molecule has 4 heteroatoms. The molecule has 3 nitrogen and oxygen atoms in total. The maximum atomic E-state index is 6.19. The number of rotatable bonds is 5. The summed E-state index contributed by atoms with van der Waals surface area (Å²) in [6.07, 6.45) is 5.22. The summed E-state index contributed by atoms with van der Waals surface area (Å²) >= 11 is 1.64. The summed E-state index contributed by atoms with van der Waals surface area (Å²) in [5.74, 6) is 0.937. The first-order valence-electron chi connectivity index (χ1n) is 6.66. The zero-order chi connectivity index (χ0) is 12.5. The molecule has 3 N–H and O–H groups in total. The Kier molecular flexibility index (Phi) is 3.12. The van der Waals surface area contributed by atoms with Crippen LogP contribution in [0.2, 0.25) is 0 Å². The van der Waals surface area contributed by atoms with Gasteiger partial charge in [-0.1, -0.05) is 19.8 Å². The van der Waals surface area contributed by atoms with Crippen LogP contribution in [-0.2, 0) is 0 Å². The van der Waals surface area contributed by atoms with Crippen molar-refractivity contribution in [1.29, 1.82) is 0 Å². The molecule has 0 saturated heterocycles. The average molecular weight is 261 g/mol. The highest BCUT2D eigenvalue weighted by atomic mass is 32.1. The lowest BCUT2D eigenvalue weighted by atomic mass is 10.1. The Morgan fingerprint density at radius 1 is 1.50 bits per heavy atom. The molecule has 3 rings (SSSR count). The largest absolute Gasteiger partial charge is 0.395 e. The Labute approximate surface area is 111 Å². The van der Waals surface area contributed by atoms with E-state index in [2.05, 4.69) is 29.4 Å². The number of nitrogens with one attached hydrogen (secondary N) is 1. The third kappa shape index (κ3) is 2.29. The molecule has 0 spiro atoms. The van der Waals surface area contributed by atoms with Crippen LogP contribution in [0.3, 0.4) is 0 Å². The number of thiazole rings is 1. The highest BCUT2D eigenvalue weighted by molar-refractivity contribution is 7.16. The van der Waals surface area contributed by atoms with Gasteiger partial charge in [-0.05, 0) is 30.9 Å². The lowest BCUT2D eigenvalue weighted by Gasteiger charge is -2.19. The topological polar surface area (TPSA) is 50.9 Å². The zero-order valence-corrected chi connectivity index (χ0v) is 11.5. The molecule has 0 aliphatic heterocycles. The number of nitrogen functional groups attached to an aromatic ring is 1. The van der Waals surface area contributed by atoms with Crippen molar-refractivity contribution in [2.75, 3.05) is 11.1 Å². The van der Waals surface area contributed by atoms with Gasteiger partial charge in [-0.25, -0.2) is 4.98 Å². The first-order chi connectivity index (χ1) is 8.78. The van der Waals surface area contributed by atoms with E-state index < -0.39 is 0 Å². The monoisotopic (exact) mass is 261 g/mol. The van der Waals surface area contributed by atoms with Gasteiger partial charge < -0.3 is 11.1 Å².